The van der Waals surface area contributed by atoms with Crippen LogP contribution in [0.3, 0.4) is 0 Å². The van der Waals surface area contributed by atoms with Gasteiger partial charge in [-0.25, -0.2) is 0 Å². The van der Waals surface area contributed by atoms with Gasteiger partial charge in [0.15, 0.2) is 0 Å². The van der Waals surface area contributed by atoms with Crippen LogP contribution >= 0.6 is 0 Å². The standard InChI is InChI=1S/C21H28O5/c1-11(2)14-17(23)15-12(26-10-22)9-13-20(3,4)7-6-8-21(13,5)16(15)19(25)18(14)24/h10-13,23H,6-9H2,1-5H3. The Balaban J connectivity index is 2.30. The Kier molecular flexibility index (Phi) is 4.40. The molecule has 0 bridgehead atoms. The average Bonchev–Trinajstić information content (AvgIpc) is 2.52. The highest BCUT2D eigenvalue weighted by Gasteiger charge is 2.58. The number of ether oxygens (including phenoxy) is 1. The lowest BCUT2D eigenvalue weighted by molar-refractivity contribution is -0.139. The number of rotatable bonds is 3. The van der Waals surface area contributed by atoms with Crippen LogP contribution in [-0.4, -0.2) is 29.2 Å². The minimum absolute atomic E-state index is 0.0446. The lowest BCUT2D eigenvalue weighted by atomic mass is 9.48. The van der Waals surface area contributed by atoms with E-state index in [1.807, 2.05) is 6.92 Å². The first-order valence-corrected chi connectivity index (χ1v) is 9.42. The van der Waals surface area contributed by atoms with Gasteiger partial charge < -0.3 is 9.84 Å². The molecule has 0 spiro atoms. The normalized spacial score (nSPS) is 33.9. The second kappa shape index (κ2) is 6.07. The van der Waals surface area contributed by atoms with Crippen molar-refractivity contribution in [3.8, 4) is 0 Å². The molecule has 5 heteroatoms. The fraction of sp³-hybridized carbons (Fsp3) is 0.667. The maximum atomic E-state index is 13.1. The highest BCUT2D eigenvalue weighted by atomic mass is 16.5. The molecule has 5 nitrogen and oxygen atoms in total. The van der Waals surface area contributed by atoms with Gasteiger partial charge in [-0.05, 0) is 36.5 Å². The molecule has 3 aliphatic rings. The van der Waals surface area contributed by atoms with Gasteiger partial charge in [0.05, 0.1) is 0 Å². The molecule has 3 rings (SSSR count). The van der Waals surface area contributed by atoms with Crippen molar-refractivity contribution < 1.29 is 24.2 Å². The van der Waals surface area contributed by atoms with Gasteiger partial charge in [0.1, 0.15) is 11.9 Å². The van der Waals surface area contributed by atoms with Crippen LogP contribution in [0.4, 0.5) is 0 Å². The summed E-state index contributed by atoms with van der Waals surface area (Å²) in [5, 5.41) is 10.9. The van der Waals surface area contributed by atoms with Crippen LogP contribution in [0.15, 0.2) is 22.5 Å². The molecule has 26 heavy (non-hydrogen) atoms. The predicted molar refractivity (Wildman–Crippen MR) is 96.3 cm³/mol. The monoisotopic (exact) mass is 360 g/mol. The van der Waals surface area contributed by atoms with E-state index in [0.717, 1.165) is 19.3 Å². The number of carbonyl (C=O) groups excluding carboxylic acids is 3. The topological polar surface area (TPSA) is 80.7 Å². The first-order chi connectivity index (χ1) is 12.1. The number of ketones is 2. The molecule has 3 aliphatic carbocycles. The maximum Gasteiger partial charge on any atom is 0.293 e. The molecule has 0 saturated heterocycles. The smallest absolute Gasteiger partial charge is 0.293 e. The van der Waals surface area contributed by atoms with E-state index in [4.69, 9.17) is 4.74 Å². The Morgan fingerprint density at radius 2 is 1.81 bits per heavy atom. The summed E-state index contributed by atoms with van der Waals surface area (Å²) in [4.78, 5) is 37.0. The van der Waals surface area contributed by atoms with Gasteiger partial charge in [-0.15, -0.1) is 0 Å². The molecule has 0 aromatic heterocycles. The summed E-state index contributed by atoms with van der Waals surface area (Å²) in [6.45, 7) is 10.3. The van der Waals surface area contributed by atoms with Crippen molar-refractivity contribution in [2.75, 3.05) is 0 Å². The van der Waals surface area contributed by atoms with Crippen LogP contribution in [0.5, 0.6) is 0 Å². The number of fused-ring (bicyclic) bond motifs is 2. The SMILES string of the molecule is CC(C)C1=C(O)C2=C(C(=O)C1=O)C1(C)CCCC(C)(C)C1CC2OC=O. The zero-order chi connectivity index (χ0) is 19.4. The summed E-state index contributed by atoms with van der Waals surface area (Å²) in [6, 6.07) is 0. The lowest BCUT2D eigenvalue weighted by Crippen LogP contribution is -2.53. The van der Waals surface area contributed by atoms with Crippen LogP contribution in [-0.2, 0) is 19.1 Å². The Hall–Kier alpha value is -1.91. The van der Waals surface area contributed by atoms with Crippen LogP contribution in [0.25, 0.3) is 0 Å². The molecule has 3 atom stereocenters. The average molecular weight is 360 g/mol. The highest BCUT2D eigenvalue weighted by Crippen LogP contribution is 2.61. The van der Waals surface area contributed by atoms with Gasteiger partial charge in [0, 0.05) is 22.1 Å². The fourth-order valence-corrected chi connectivity index (χ4v) is 5.67. The maximum absolute atomic E-state index is 13.1. The summed E-state index contributed by atoms with van der Waals surface area (Å²) in [6.07, 6.45) is 2.63. The Morgan fingerprint density at radius 1 is 1.15 bits per heavy atom. The Bertz CT molecular complexity index is 740. The Labute approximate surface area is 154 Å². The first-order valence-electron chi connectivity index (χ1n) is 9.42. The second-order valence-corrected chi connectivity index (χ2v) is 9.13. The van der Waals surface area contributed by atoms with E-state index < -0.39 is 23.1 Å². The minimum Gasteiger partial charge on any atom is -0.507 e. The molecule has 0 heterocycles. The van der Waals surface area contributed by atoms with E-state index >= 15 is 0 Å². The molecule has 1 saturated carbocycles. The van der Waals surface area contributed by atoms with Crippen molar-refractivity contribution in [1.82, 2.24) is 0 Å². The van der Waals surface area contributed by atoms with Gasteiger partial charge in [0.2, 0.25) is 11.6 Å². The van der Waals surface area contributed by atoms with Crippen LogP contribution < -0.4 is 0 Å². The van der Waals surface area contributed by atoms with Crippen LogP contribution in [0, 0.1) is 22.7 Å². The summed E-state index contributed by atoms with van der Waals surface area (Å²) >= 11 is 0. The van der Waals surface area contributed by atoms with E-state index in [1.165, 1.54) is 0 Å². The van der Waals surface area contributed by atoms with Crippen molar-refractivity contribution in [2.45, 2.75) is 66.4 Å². The third kappa shape index (κ3) is 2.47. The van der Waals surface area contributed by atoms with E-state index in [1.54, 1.807) is 13.8 Å². The van der Waals surface area contributed by atoms with Gasteiger partial charge >= 0.3 is 0 Å². The van der Waals surface area contributed by atoms with Gasteiger partial charge in [0.25, 0.3) is 6.47 Å². The number of hydrogen-bond donors (Lipinski definition) is 1. The molecule has 142 valence electrons. The van der Waals surface area contributed by atoms with Crippen LogP contribution in [0.1, 0.15) is 60.3 Å². The molecule has 0 amide bonds. The zero-order valence-corrected chi connectivity index (χ0v) is 16.2. The molecule has 1 fully saturated rings. The van der Waals surface area contributed by atoms with E-state index in [2.05, 4.69) is 13.8 Å². The van der Waals surface area contributed by atoms with Crippen molar-refractivity contribution in [3.05, 3.63) is 22.5 Å². The van der Waals surface area contributed by atoms with Gasteiger partial charge in [-0.3, -0.25) is 14.4 Å². The number of aliphatic hydroxyl groups excluding tert-OH is 1. The van der Waals surface area contributed by atoms with Gasteiger partial charge in [-0.1, -0.05) is 41.0 Å². The van der Waals surface area contributed by atoms with Crippen molar-refractivity contribution in [2.24, 2.45) is 22.7 Å². The third-order valence-corrected chi connectivity index (χ3v) is 6.83. The van der Waals surface area contributed by atoms with Crippen molar-refractivity contribution in [3.63, 3.8) is 0 Å². The molecule has 1 N–H and O–H groups in total. The van der Waals surface area contributed by atoms with Crippen molar-refractivity contribution >= 4 is 18.0 Å². The number of Topliss-reactive ketones (excluding diaryl/α,β-unsaturated/α-hetero) is 2. The zero-order valence-electron chi connectivity index (χ0n) is 16.2. The lowest BCUT2D eigenvalue weighted by Gasteiger charge is -2.56. The minimum atomic E-state index is -0.691. The molecular formula is C21H28O5. The molecule has 0 aromatic carbocycles. The quantitative estimate of drug-likeness (QED) is 0.472. The summed E-state index contributed by atoms with van der Waals surface area (Å²) in [7, 11) is 0. The number of aliphatic hydroxyl groups is 1. The number of carbonyl (C=O) groups is 3. The Morgan fingerprint density at radius 3 is 2.38 bits per heavy atom. The van der Waals surface area contributed by atoms with E-state index in [9.17, 15) is 19.5 Å². The van der Waals surface area contributed by atoms with E-state index in [-0.39, 0.29) is 28.6 Å². The summed E-state index contributed by atoms with van der Waals surface area (Å²) in [5.74, 6) is -1.50. The predicted octanol–water partition coefficient (Wildman–Crippen LogP) is 3.68. The van der Waals surface area contributed by atoms with Crippen molar-refractivity contribution in [1.29, 1.82) is 0 Å². The largest absolute Gasteiger partial charge is 0.507 e. The highest BCUT2D eigenvalue weighted by molar-refractivity contribution is 6.50. The molecule has 0 aliphatic heterocycles. The van der Waals surface area contributed by atoms with Gasteiger partial charge in [-0.2, -0.15) is 0 Å². The van der Waals surface area contributed by atoms with Crippen LogP contribution in [0.2, 0.25) is 0 Å². The second-order valence-electron chi connectivity index (χ2n) is 9.13. The molecule has 0 aromatic rings. The third-order valence-electron chi connectivity index (χ3n) is 6.83. The number of allylic oxidation sites excluding steroid dienone is 2. The summed E-state index contributed by atoms with van der Waals surface area (Å²) in [5.41, 5.74) is 0.326. The number of hydrogen-bond acceptors (Lipinski definition) is 5. The van der Waals surface area contributed by atoms with E-state index in [0.29, 0.717) is 24.0 Å². The molecule has 0 radical (unpaired) electrons. The molecular weight excluding hydrogens is 332 g/mol. The first kappa shape index (κ1) is 18.9. The molecule has 3 unspecified atom stereocenters. The summed E-state index contributed by atoms with van der Waals surface area (Å²) < 4.78 is 5.33. The fourth-order valence-electron chi connectivity index (χ4n) is 5.67.